The van der Waals surface area contributed by atoms with Gasteiger partial charge in [0.1, 0.15) is 13.2 Å². The first-order valence-corrected chi connectivity index (χ1v) is 5.49. The third-order valence-corrected chi connectivity index (χ3v) is 2.67. The number of nitrogens with one attached hydrogen (secondary N) is 1. The van der Waals surface area contributed by atoms with Gasteiger partial charge in [0.05, 0.1) is 0 Å². The van der Waals surface area contributed by atoms with Crippen LogP contribution >= 0.6 is 0 Å². The summed E-state index contributed by atoms with van der Waals surface area (Å²) in [5, 5.41) is 9.29. The second kappa shape index (κ2) is 5.01. The number of carbonyl (C=O) groups excluding carboxylic acids is 1. The highest BCUT2D eigenvalue weighted by Crippen LogP contribution is 2.22. The van der Waals surface area contributed by atoms with E-state index in [0.29, 0.717) is 5.56 Å². The fourth-order valence-corrected chi connectivity index (χ4v) is 1.90. The smallest absolute Gasteiger partial charge is 0.329 e. The number of hydrogen-bond donors (Lipinski definition) is 2. The van der Waals surface area contributed by atoms with Crippen LogP contribution in [0.2, 0.25) is 0 Å². The number of aromatic amines is 1. The highest BCUT2D eigenvalue weighted by molar-refractivity contribution is 6.09. The van der Waals surface area contributed by atoms with Crippen LogP contribution in [-0.2, 0) is 9.53 Å². The first-order chi connectivity index (χ1) is 8.59. The highest BCUT2D eigenvalue weighted by Gasteiger charge is 2.14. The van der Waals surface area contributed by atoms with E-state index in [1.165, 1.54) is 0 Å². The zero-order valence-electron chi connectivity index (χ0n) is 9.90. The standard InChI is InChI=1S/C13H13NO4/c1-8-3-2-4-10-13(8)9(5-14-10)11(15)6-18-7-12(16)17/h2-5,14H,6-7H2,1H3,(H,16,17). The summed E-state index contributed by atoms with van der Waals surface area (Å²) in [4.78, 5) is 25.2. The van der Waals surface area contributed by atoms with Gasteiger partial charge in [-0.05, 0) is 18.6 Å². The summed E-state index contributed by atoms with van der Waals surface area (Å²) >= 11 is 0. The van der Waals surface area contributed by atoms with Crippen LogP contribution in [0.4, 0.5) is 0 Å². The number of H-pyrrole nitrogens is 1. The number of aromatic nitrogens is 1. The third kappa shape index (κ3) is 2.41. The SMILES string of the molecule is Cc1cccc2[nH]cc(C(=O)COCC(=O)O)c12. The molecule has 2 N–H and O–H groups in total. The first kappa shape index (κ1) is 12.3. The van der Waals surface area contributed by atoms with E-state index in [9.17, 15) is 9.59 Å². The third-order valence-electron chi connectivity index (χ3n) is 2.67. The molecule has 1 aromatic heterocycles. The quantitative estimate of drug-likeness (QED) is 0.789. The Morgan fingerprint density at radius 1 is 1.33 bits per heavy atom. The second-order valence-electron chi connectivity index (χ2n) is 4.01. The fourth-order valence-electron chi connectivity index (χ4n) is 1.90. The Hall–Kier alpha value is -2.14. The molecule has 0 fully saturated rings. The molecule has 1 heterocycles. The van der Waals surface area contributed by atoms with Gasteiger partial charge in [0.25, 0.3) is 0 Å². The lowest BCUT2D eigenvalue weighted by Gasteiger charge is -2.02. The number of benzene rings is 1. The number of fused-ring (bicyclic) bond motifs is 1. The van der Waals surface area contributed by atoms with Crippen LogP contribution in [0.15, 0.2) is 24.4 Å². The molecule has 0 aliphatic rings. The molecule has 0 aliphatic heterocycles. The Balaban J connectivity index is 2.20. The zero-order chi connectivity index (χ0) is 13.1. The lowest BCUT2D eigenvalue weighted by molar-refractivity contribution is -0.141. The second-order valence-corrected chi connectivity index (χ2v) is 4.01. The van der Waals surface area contributed by atoms with E-state index in [1.54, 1.807) is 6.20 Å². The van der Waals surface area contributed by atoms with Crippen molar-refractivity contribution in [3.05, 3.63) is 35.5 Å². The molecule has 0 unspecified atom stereocenters. The number of ketones is 1. The summed E-state index contributed by atoms with van der Waals surface area (Å²) in [6.07, 6.45) is 1.63. The predicted molar refractivity (Wildman–Crippen MR) is 65.8 cm³/mol. The maximum absolute atomic E-state index is 11.9. The van der Waals surface area contributed by atoms with Crippen LogP contribution in [0, 0.1) is 6.92 Å². The molecule has 18 heavy (non-hydrogen) atoms. The Kier molecular flexibility index (Phi) is 3.43. The van der Waals surface area contributed by atoms with Crippen molar-refractivity contribution in [3.63, 3.8) is 0 Å². The number of carboxylic acids is 1. The molecule has 2 rings (SSSR count). The molecule has 0 amide bonds. The van der Waals surface area contributed by atoms with Crippen LogP contribution in [-0.4, -0.2) is 35.1 Å². The van der Waals surface area contributed by atoms with E-state index in [-0.39, 0.29) is 12.4 Å². The molecule has 0 radical (unpaired) electrons. The minimum absolute atomic E-state index is 0.225. The molecule has 0 aliphatic carbocycles. The van der Waals surface area contributed by atoms with Crippen molar-refractivity contribution >= 4 is 22.7 Å². The summed E-state index contributed by atoms with van der Waals surface area (Å²) in [7, 11) is 0. The maximum Gasteiger partial charge on any atom is 0.329 e. The van der Waals surface area contributed by atoms with E-state index >= 15 is 0 Å². The summed E-state index contributed by atoms with van der Waals surface area (Å²) in [6.45, 7) is 1.23. The van der Waals surface area contributed by atoms with Crippen molar-refractivity contribution in [1.82, 2.24) is 4.98 Å². The highest BCUT2D eigenvalue weighted by atomic mass is 16.5. The van der Waals surface area contributed by atoms with Crippen LogP contribution < -0.4 is 0 Å². The van der Waals surface area contributed by atoms with Gasteiger partial charge in [-0.3, -0.25) is 4.79 Å². The van der Waals surface area contributed by atoms with Gasteiger partial charge in [-0.1, -0.05) is 12.1 Å². The Labute approximate surface area is 103 Å². The summed E-state index contributed by atoms with van der Waals surface area (Å²) in [6, 6.07) is 5.71. The lowest BCUT2D eigenvalue weighted by Crippen LogP contribution is -2.14. The number of Topliss-reactive ketones (excluding diaryl/α,β-unsaturated/α-hetero) is 1. The minimum Gasteiger partial charge on any atom is -0.480 e. The number of rotatable bonds is 5. The molecule has 0 saturated heterocycles. The summed E-state index contributed by atoms with van der Waals surface area (Å²) in [5.74, 6) is -1.31. The van der Waals surface area contributed by atoms with E-state index in [4.69, 9.17) is 9.84 Å². The van der Waals surface area contributed by atoms with Gasteiger partial charge in [0.2, 0.25) is 0 Å². The zero-order valence-corrected chi connectivity index (χ0v) is 9.90. The average Bonchev–Trinajstić information content (AvgIpc) is 2.73. The van der Waals surface area contributed by atoms with Gasteiger partial charge in [-0.25, -0.2) is 4.79 Å². The Morgan fingerprint density at radius 3 is 2.83 bits per heavy atom. The molecule has 5 heteroatoms. The van der Waals surface area contributed by atoms with Gasteiger partial charge >= 0.3 is 5.97 Å². The molecule has 1 aromatic carbocycles. The molecule has 0 bridgehead atoms. The summed E-state index contributed by atoms with van der Waals surface area (Å²) < 4.78 is 4.81. The van der Waals surface area contributed by atoms with Crippen molar-refractivity contribution in [3.8, 4) is 0 Å². The number of carboxylic acid groups (broad SMARTS) is 1. The molecular weight excluding hydrogens is 234 g/mol. The van der Waals surface area contributed by atoms with Crippen LogP contribution in [0.5, 0.6) is 0 Å². The first-order valence-electron chi connectivity index (χ1n) is 5.49. The van der Waals surface area contributed by atoms with Gasteiger partial charge < -0.3 is 14.8 Å². The molecule has 2 aromatic rings. The molecule has 94 valence electrons. The monoisotopic (exact) mass is 247 g/mol. The summed E-state index contributed by atoms with van der Waals surface area (Å²) in [5.41, 5.74) is 2.42. The lowest BCUT2D eigenvalue weighted by atomic mass is 10.1. The Bertz CT molecular complexity index is 600. The molecule has 0 spiro atoms. The number of carbonyl (C=O) groups is 2. The number of aliphatic carboxylic acids is 1. The van der Waals surface area contributed by atoms with Gasteiger partial charge in [-0.15, -0.1) is 0 Å². The van der Waals surface area contributed by atoms with Gasteiger partial charge in [0, 0.05) is 22.7 Å². The molecular formula is C13H13NO4. The topological polar surface area (TPSA) is 79.4 Å². The van der Waals surface area contributed by atoms with Gasteiger partial charge in [-0.2, -0.15) is 0 Å². The van der Waals surface area contributed by atoms with Crippen LogP contribution in [0.3, 0.4) is 0 Å². The van der Waals surface area contributed by atoms with Gasteiger partial charge in [0.15, 0.2) is 5.78 Å². The van der Waals surface area contributed by atoms with E-state index < -0.39 is 12.6 Å². The van der Waals surface area contributed by atoms with Crippen molar-refractivity contribution in [1.29, 1.82) is 0 Å². The van der Waals surface area contributed by atoms with Crippen molar-refractivity contribution < 1.29 is 19.4 Å². The number of aryl methyl sites for hydroxylation is 1. The molecule has 5 nitrogen and oxygen atoms in total. The normalized spacial score (nSPS) is 10.7. The van der Waals surface area contributed by atoms with E-state index in [2.05, 4.69) is 4.98 Å². The molecule has 0 saturated carbocycles. The largest absolute Gasteiger partial charge is 0.480 e. The van der Waals surface area contributed by atoms with Crippen molar-refractivity contribution in [2.45, 2.75) is 6.92 Å². The van der Waals surface area contributed by atoms with E-state index in [0.717, 1.165) is 16.5 Å². The minimum atomic E-state index is -1.09. The average molecular weight is 247 g/mol. The fraction of sp³-hybridized carbons (Fsp3) is 0.231. The predicted octanol–water partition coefficient (Wildman–Crippen LogP) is 1.76. The van der Waals surface area contributed by atoms with Crippen molar-refractivity contribution in [2.75, 3.05) is 13.2 Å². The van der Waals surface area contributed by atoms with E-state index in [1.807, 2.05) is 25.1 Å². The van der Waals surface area contributed by atoms with Crippen LogP contribution in [0.25, 0.3) is 10.9 Å². The van der Waals surface area contributed by atoms with Crippen LogP contribution in [0.1, 0.15) is 15.9 Å². The Morgan fingerprint density at radius 2 is 2.11 bits per heavy atom. The molecule has 0 atom stereocenters. The number of ether oxygens (including phenoxy) is 1. The number of hydrogen-bond acceptors (Lipinski definition) is 3. The van der Waals surface area contributed by atoms with Crippen molar-refractivity contribution in [2.24, 2.45) is 0 Å². The maximum atomic E-state index is 11.9.